The number of hydrogen-bond acceptors (Lipinski definition) is 6. The first-order chi connectivity index (χ1) is 18.0. The van der Waals surface area contributed by atoms with Gasteiger partial charge in [0, 0.05) is 24.4 Å². The Balaban J connectivity index is 1.61. The van der Waals surface area contributed by atoms with Crippen LogP contribution >= 0.6 is 0 Å². The van der Waals surface area contributed by atoms with Gasteiger partial charge in [0.15, 0.2) is 0 Å². The monoisotopic (exact) mass is 529 g/mol. The van der Waals surface area contributed by atoms with Crippen molar-refractivity contribution in [1.82, 2.24) is 10.2 Å². The van der Waals surface area contributed by atoms with Crippen LogP contribution in [0.4, 0.5) is 5.69 Å². The average molecular weight is 530 g/mol. The van der Waals surface area contributed by atoms with E-state index in [1.165, 1.54) is 0 Å². The highest BCUT2D eigenvalue weighted by Gasteiger charge is 2.77. The molecule has 0 aliphatic carbocycles. The number of amides is 3. The third-order valence-electron chi connectivity index (χ3n) is 8.05. The van der Waals surface area contributed by atoms with Crippen molar-refractivity contribution in [2.45, 2.75) is 95.9 Å². The molecule has 210 valence electrons. The first-order valence-electron chi connectivity index (χ1n) is 13.9. The molecule has 3 fully saturated rings. The molecule has 1 aromatic carbocycles. The van der Waals surface area contributed by atoms with Gasteiger partial charge in [0.25, 0.3) is 0 Å². The number of ether oxygens (including phenoxy) is 2. The van der Waals surface area contributed by atoms with E-state index in [0.29, 0.717) is 50.3 Å². The summed E-state index contributed by atoms with van der Waals surface area (Å²) in [5.74, 6) is -1.40. The predicted octanol–water partition coefficient (Wildman–Crippen LogP) is 3.26. The van der Waals surface area contributed by atoms with Gasteiger partial charge in [-0.3, -0.25) is 14.4 Å². The van der Waals surface area contributed by atoms with E-state index < -0.39 is 34.6 Å². The summed E-state index contributed by atoms with van der Waals surface area (Å²) < 4.78 is 12.1. The van der Waals surface area contributed by atoms with Crippen molar-refractivity contribution in [2.75, 3.05) is 25.1 Å². The minimum atomic E-state index is -1.03. The summed E-state index contributed by atoms with van der Waals surface area (Å²) >= 11 is 0. The summed E-state index contributed by atoms with van der Waals surface area (Å²) in [5, 5.41) is 15.1. The number of nitrogens with zero attached hydrogens (tertiary/aromatic N) is 1. The number of rotatable bonds is 11. The second-order valence-electron chi connectivity index (χ2n) is 12.1. The number of fused-ring (bicyclic) bond motifs is 1. The topological polar surface area (TPSA) is 117 Å². The van der Waals surface area contributed by atoms with E-state index in [4.69, 9.17) is 14.6 Å². The van der Waals surface area contributed by atoms with Crippen molar-refractivity contribution in [3.63, 3.8) is 0 Å². The fourth-order valence-electron chi connectivity index (χ4n) is 6.57. The molecule has 3 amide bonds. The van der Waals surface area contributed by atoms with Crippen molar-refractivity contribution < 1.29 is 29.0 Å². The summed E-state index contributed by atoms with van der Waals surface area (Å²) in [7, 11) is 0. The van der Waals surface area contributed by atoms with E-state index in [-0.39, 0.29) is 24.3 Å². The van der Waals surface area contributed by atoms with Crippen LogP contribution in [0.3, 0.4) is 0 Å². The van der Waals surface area contributed by atoms with Crippen molar-refractivity contribution in [1.29, 1.82) is 0 Å². The Bertz CT molecular complexity index is 1040. The van der Waals surface area contributed by atoms with Crippen LogP contribution in [-0.4, -0.2) is 70.3 Å². The third kappa shape index (κ3) is 5.27. The highest BCUT2D eigenvalue weighted by atomic mass is 16.5. The van der Waals surface area contributed by atoms with Crippen LogP contribution in [0, 0.1) is 11.8 Å². The number of hydrogen-bond donors (Lipinski definition) is 3. The summed E-state index contributed by atoms with van der Waals surface area (Å²) in [5.41, 5.74) is -1.73. The Hall–Kier alpha value is -2.65. The molecule has 0 radical (unpaired) electrons. The van der Waals surface area contributed by atoms with Crippen molar-refractivity contribution in [3.8, 4) is 5.75 Å². The zero-order valence-corrected chi connectivity index (χ0v) is 23.3. The summed E-state index contributed by atoms with van der Waals surface area (Å²) in [6.45, 7) is 10.7. The molecular formula is C29H43N3O6. The molecule has 3 aliphatic rings. The molecule has 1 aromatic rings. The quantitative estimate of drug-likeness (QED) is 0.379. The molecule has 9 heteroatoms. The maximum atomic E-state index is 14.0. The number of aliphatic hydroxyl groups is 1. The van der Waals surface area contributed by atoms with E-state index >= 15 is 0 Å². The van der Waals surface area contributed by atoms with Crippen LogP contribution in [0.1, 0.15) is 73.1 Å². The largest absolute Gasteiger partial charge is 0.494 e. The number of unbranched alkanes of at least 4 members (excludes halogenated alkanes) is 3. The van der Waals surface area contributed by atoms with Gasteiger partial charge in [0.2, 0.25) is 17.7 Å². The Morgan fingerprint density at radius 2 is 1.79 bits per heavy atom. The van der Waals surface area contributed by atoms with Gasteiger partial charge in [-0.1, -0.05) is 12.8 Å². The fraction of sp³-hybridized carbons (Fsp3) is 0.690. The van der Waals surface area contributed by atoms with Gasteiger partial charge in [-0.05, 0) is 84.6 Å². The number of nitrogens with one attached hydrogen (secondary N) is 2. The van der Waals surface area contributed by atoms with Gasteiger partial charge in [-0.15, -0.1) is 0 Å². The van der Waals surface area contributed by atoms with E-state index in [0.717, 1.165) is 12.8 Å². The van der Waals surface area contributed by atoms with Gasteiger partial charge in [0.05, 0.1) is 24.0 Å². The number of likely N-dealkylation sites (tertiary alicyclic amines) is 1. The molecule has 5 atom stereocenters. The second kappa shape index (κ2) is 10.8. The van der Waals surface area contributed by atoms with Gasteiger partial charge >= 0.3 is 0 Å². The lowest BCUT2D eigenvalue weighted by atomic mass is 9.66. The van der Waals surface area contributed by atoms with Gasteiger partial charge in [0.1, 0.15) is 17.4 Å². The SMILES string of the molecule is CCOc1ccc(NC(=O)[C@H]2[C@H]3C(=O)N(CCCCCCO)C(C(=O)NC(C)(C)C)C34CC[C@]2(C)O4)cc1. The molecule has 4 rings (SSSR count). The molecule has 0 aromatic heterocycles. The van der Waals surface area contributed by atoms with Crippen LogP contribution in [0.5, 0.6) is 5.75 Å². The van der Waals surface area contributed by atoms with Crippen LogP contribution in [0.2, 0.25) is 0 Å². The van der Waals surface area contributed by atoms with Gasteiger partial charge in [-0.2, -0.15) is 0 Å². The highest BCUT2D eigenvalue weighted by Crippen LogP contribution is 2.63. The Morgan fingerprint density at radius 3 is 2.42 bits per heavy atom. The lowest BCUT2D eigenvalue weighted by Gasteiger charge is -2.35. The van der Waals surface area contributed by atoms with Gasteiger partial charge < -0.3 is 30.1 Å². The smallest absolute Gasteiger partial charge is 0.246 e. The maximum Gasteiger partial charge on any atom is 0.246 e. The van der Waals surface area contributed by atoms with Crippen LogP contribution in [0.15, 0.2) is 24.3 Å². The van der Waals surface area contributed by atoms with E-state index in [9.17, 15) is 14.4 Å². The van der Waals surface area contributed by atoms with Crippen LogP contribution in [-0.2, 0) is 19.1 Å². The minimum Gasteiger partial charge on any atom is -0.494 e. The third-order valence-corrected chi connectivity index (χ3v) is 8.05. The first-order valence-corrected chi connectivity index (χ1v) is 13.9. The van der Waals surface area contributed by atoms with Crippen molar-refractivity contribution >= 4 is 23.4 Å². The van der Waals surface area contributed by atoms with E-state index in [1.54, 1.807) is 29.2 Å². The number of anilines is 1. The number of benzene rings is 1. The van der Waals surface area contributed by atoms with Crippen molar-refractivity contribution in [2.24, 2.45) is 11.8 Å². The Labute approximate surface area is 225 Å². The van der Waals surface area contributed by atoms with E-state index in [2.05, 4.69) is 10.6 Å². The zero-order chi connectivity index (χ0) is 27.7. The molecule has 3 N–H and O–H groups in total. The first kappa shape index (κ1) is 28.4. The number of carbonyl (C=O) groups excluding carboxylic acids is 3. The number of aliphatic hydroxyl groups excluding tert-OH is 1. The molecule has 38 heavy (non-hydrogen) atoms. The number of carbonyl (C=O) groups is 3. The summed E-state index contributed by atoms with van der Waals surface area (Å²) in [6.07, 6.45) is 4.28. The van der Waals surface area contributed by atoms with Crippen LogP contribution < -0.4 is 15.4 Å². The Morgan fingerprint density at radius 1 is 1.11 bits per heavy atom. The molecule has 2 unspecified atom stereocenters. The molecule has 1 spiro atoms. The van der Waals surface area contributed by atoms with E-state index in [1.807, 2.05) is 34.6 Å². The average Bonchev–Trinajstić information content (AvgIpc) is 3.40. The molecule has 3 heterocycles. The normalized spacial score (nSPS) is 29.9. The molecule has 3 aliphatic heterocycles. The molecule has 0 saturated carbocycles. The fourth-order valence-corrected chi connectivity index (χ4v) is 6.57. The second-order valence-corrected chi connectivity index (χ2v) is 12.1. The van der Waals surface area contributed by atoms with Gasteiger partial charge in [-0.25, -0.2) is 0 Å². The molecule has 3 saturated heterocycles. The zero-order valence-electron chi connectivity index (χ0n) is 23.3. The molecular weight excluding hydrogens is 486 g/mol. The summed E-state index contributed by atoms with van der Waals surface area (Å²) in [4.78, 5) is 43.1. The maximum absolute atomic E-state index is 14.0. The molecule has 2 bridgehead atoms. The minimum absolute atomic E-state index is 0.141. The van der Waals surface area contributed by atoms with Crippen LogP contribution in [0.25, 0.3) is 0 Å². The lowest BCUT2D eigenvalue weighted by molar-refractivity contribution is -0.145. The predicted molar refractivity (Wildman–Crippen MR) is 144 cm³/mol. The molecule has 9 nitrogen and oxygen atoms in total. The lowest BCUT2D eigenvalue weighted by Crippen LogP contribution is -2.58. The highest BCUT2D eigenvalue weighted by molar-refractivity contribution is 6.02. The standard InChI is InChI=1S/C29H43N3O6/c1-6-37-20-13-11-19(12-14-20)30-24(34)21-22-26(36)32(17-9-7-8-10-18-33)23(25(35)31-27(2,3)4)29(22)16-15-28(21,5)38-29/h11-14,21-23,33H,6-10,15-18H2,1-5H3,(H,30,34)(H,31,35)/t21-,22+,23?,28+,29?/m1/s1. The summed E-state index contributed by atoms with van der Waals surface area (Å²) in [6, 6.07) is 6.37. The van der Waals surface area contributed by atoms with Crippen molar-refractivity contribution in [3.05, 3.63) is 24.3 Å². The Kier molecular flexibility index (Phi) is 8.09.